The van der Waals surface area contributed by atoms with Gasteiger partial charge in [0.05, 0.1) is 6.54 Å². The third kappa shape index (κ3) is 6.29. The van der Waals surface area contributed by atoms with Crippen molar-refractivity contribution in [2.45, 2.75) is 36.1 Å². The normalized spacial score (nSPS) is 13.7. The molecule has 4 rings (SSSR count). The number of nitrogens with zero attached hydrogens (tertiary/aromatic N) is 7. The number of halogens is 3. The molecule has 3 aromatic heterocycles. The fourth-order valence-electron chi connectivity index (χ4n) is 3.03. The summed E-state index contributed by atoms with van der Waals surface area (Å²) in [6.07, 6.45) is -5.08. The molecule has 35 heavy (non-hydrogen) atoms. The first-order valence-corrected chi connectivity index (χ1v) is 11.8. The fraction of sp³-hybridized carbons (Fsp3) is 0.474. The van der Waals surface area contributed by atoms with E-state index in [1.54, 1.807) is 18.5 Å². The number of carboxylic acids is 1. The number of anilines is 1. The lowest BCUT2D eigenvalue weighted by Crippen LogP contribution is -2.44. The molecule has 0 radical (unpaired) electrons. The number of rotatable bonds is 4. The van der Waals surface area contributed by atoms with E-state index in [4.69, 9.17) is 14.9 Å². The van der Waals surface area contributed by atoms with E-state index in [0.717, 1.165) is 41.5 Å². The quantitative estimate of drug-likeness (QED) is 0.378. The number of imidazole rings is 1. The number of aliphatic carboxylic acids is 1. The summed E-state index contributed by atoms with van der Waals surface area (Å²) in [7, 11) is 1.72. The number of nitrogens with one attached hydrogen (secondary N) is 1. The van der Waals surface area contributed by atoms with Crippen LogP contribution in [-0.4, -0.2) is 72.7 Å². The number of piperazine rings is 1. The fourth-order valence-corrected chi connectivity index (χ4v) is 4.79. The molecule has 1 aliphatic heterocycles. The van der Waals surface area contributed by atoms with Crippen molar-refractivity contribution < 1.29 is 23.1 Å². The predicted octanol–water partition coefficient (Wildman–Crippen LogP) is 1.51. The standard InChI is InChI=1S/C17H20N8OS2.C2HF3O2/c1-4-5-8-25-12-13(19-15(25)24-9-6-18-7-10-24)20-16(23(3)14(12)26)28-17-22-21-11(2)27-17;3-2(4,5)1(6)7/h18H,6-10H2,1-3H3;(H,6,7). The average molecular weight is 531 g/mol. The average Bonchev–Trinajstić information content (AvgIpc) is 3.39. The molecule has 3 aromatic rings. The SMILES string of the molecule is CC#CCn1c(N2CCNCC2)nc2nc(Sc3nnc(C)s3)n(C)c(=O)c21.O=C(O)C(F)(F)F. The van der Waals surface area contributed by atoms with Gasteiger partial charge >= 0.3 is 12.1 Å². The smallest absolute Gasteiger partial charge is 0.475 e. The van der Waals surface area contributed by atoms with Gasteiger partial charge in [0.1, 0.15) is 5.01 Å². The van der Waals surface area contributed by atoms with Crippen molar-refractivity contribution in [2.75, 3.05) is 31.1 Å². The Labute approximate surface area is 205 Å². The van der Waals surface area contributed by atoms with Gasteiger partial charge in [0.25, 0.3) is 5.56 Å². The van der Waals surface area contributed by atoms with E-state index in [9.17, 15) is 18.0 Å². The van der Waals surface area contributed by atoms with Crippen LogP contribution in [0.25, 0.3) is 11.2 Å². The first kappa shape index (κ1) is 26.4. The summed E-state index contributed by atoms with van der Waals surface area (Å²) in [6.45, 7) is 7.51. The highest BCUT2D eigenvalue weighted by molar-refractivity contribution is 8.00. The van der Waals surface area contributed by atoms with Crippen molar-refractivity contribution in [3.05, 3.63) is 15.4 Å². The van der Waals surface area contributed by atoms with Crippen LogP contribution in [0.4, 0.5) is 19.1 Å². The van der Waals surface area contributed by atoms with Gasteiger partial charge in [-0.25, -0.2) is 9.78 Å². The number of carboxylic acid groups (broad SMARTS) is 1. The summed E-state index contributed by atoms with van der Waals surface area (Å²) in [6, 6.07) is 0. The van der Waals surface area contributed by atoms with Crippen LogP contribution in [-0.2, 0) is 18.4 Å². The predicted molar refractivity (Wildman–Crippen MR) is 124 cm³/mol. The van der Waals surface area contributed by atoms with Crippen molar-refractivity contribution in [1.82, 2.24) is 34.6 Å². The van der Waals surface area contributed by atoms with Crippen molar-refractivity contribution in [2.24, 2.45) is 7.05 Å². The second-order valence-electron chi connectivity index (χ2n) is 7.08. The second-order valence-corrected chi connectivity index (χ2v) is 9.48. The van der Waals surface area contributed by atoms with Gasteiger partial charge in [0.2, 0.25) is 5.95 Å². The first-order chi connectivity index (χ1) is 16.5. The summed E-state index contributed by atoms with van der Waals surface area (Å²) in [5.41, 5.74) is 0.787. The van der Waals surface area contributed by atoms with E-state index in [0.29, 0.717) is 22.9 Å². The van der Waals surface area contributed by atoms with Crippen LogP contribution in [0.15, 0.2) is 14.3 Å². The molecule has 0 aromatic carbocycles. The molecule has 0 saturated carbocycles. The topological polar surface area (TPSA) is 131 Å². The highest BCUT2D eigenvalue weighted by Gasteiger charge is 2.38. The molecule has 2 N–H and O–H groups in total. The molecular formula is C19H21F3N8O3S2. The third-order valence-corrected chi connectivity index (χ3v) is 6.60. The molecule has 1 saturated heterocycles. The van der Waals surface area contributed by atoms with Crippen molar-refractivity contribution in [3.63, 3.8) is 0 Å². The zero-order chi connectivity index (χ0) is 25.8. The highest BCUT2D eigenvalue weighted by Crippen LogP contribution is 2.29. The van der Waals surface area contributed by atoms with E-state index in [2.05, 4.69) is 37.2 Å². The second kappa shape index (κ2) is 11.1. The van der Waals surface area contributed by atoms with E-state index in [1.807, 2.05) is 11.5 Å². The number of hydrogen-bond donors (Lipinski definition) is 2. The Hall–Kier alpha value is -3.16. The van der Waals surface area contributed by atoms with Crippen LogP contribution in [0.2, 0.25) is 0 Å². The van der Waals surface area contributed by atoms with Crippen LogP contribution in [0, 0.1) is 18.8 Å². The number of aromatic nitrogens is 6. The number of hydrogen-bond acceptors (Lipinski definition) is 10. The Bertz CT molecular complexity index is 1330. The van der Waals surface area contributed by atoms with E-state index in [-0.39, 0.29) is 5.56 Å². The lowest BCUT2D eigenvalue weighted by Gasteiger charge is -2.28. The van der Waals surface area contributed by atoms with Gasteiger partial charge in [0, 0.05) is 33.2 Å². The van der Waals surface area contributed by atoms with E-state index >= 15 is 0 Å². The molecular weight excluding hydrogens is 509 g/mol. The summed E-state index contributed by atoms with van der Waals surface area (Å²) in [4.78, 5) is 33.6. The van der Waals surface area contributed by atoms with Gasteiger partial charge in [-0.2, -0.15) is 18.2 Å². The summed E-state index contributed by atoms with van der Waals surface area (Å²) in [5, 5.41) is 20.0. The molecule has 4 heterocycles. The van der Waals surface area contributed by atoms with Crippen molar-refractivity contribution in [1.29, 1.82) is 0 Å². The molecule has 0 atom stereocenters. The van der Waals surface area contributed by atoms with Gasteiger partial charge < -0.3 is 15.3 Å². The van der Waals surface area contributed by atoms with Gasteiger partial charge in [0.15, 0.2) is 20.7 Å². The summed E-state index contributed by atoms with van der Waals surface area (Å²) >= 11 is 2.80. The Kier molecular flexibility index (Phi) is 8.35. The van der Waals surface area contributed by atoms with Crippen LogP contribution in [0.5, 0.6) is 0 Å². The molecule has 0 bridgehead atoms. The maximum Gasteiger partial charge on any atom is 0.490 e. The summed E-state index contributed by atoms with van der Waals surface area (Å²) < 4.78 is 35.9. The molecule has 0 spiro atoms. The van der Waals surface area contributed by atoms with E-state index < -0.39 is 12.1 Å². The first-order valence-electron chi connectivity index (χ1n) is 10.1. The molecule has 1 fully saturated rings. The number of fused-ring (bicyclic) bond motifs is 1. The molecule has 188 valence electrons. The highest BCUT2D eigenvalue weighted by atomic mass is 32.2. The van der Waals surface area contributed by atoms with E-state index in [1.165, 1.54) is 23.1 Å². The summed E-state index contributed by atoms with van der Waals surface area (Å²) in [5.74, 6) is 3.95. The molecule has 11 nitrogen and oxygen atoms in total. The Morgan fingerprint density at radius 1 is 1.26 bits per heavy atom. The Balaban J connectivity index is 0.000000429. The third-order valence-electron chi connectivity index (χ3n) is 4.67. The zero-order valence-corrected chi connectivity index (χ0v) is 20.5. The number of alkyl halides is 3. The minimum absolute atomic E-state index is 0.138. The molecule has 0 unspecified atom stereocenters. The largest absolute Gasteiger partial charge is 0.490 e. The Morgan fingerprint density at radius 2 is 1.91 bits per heavy atom. The van der Waals surface area contributed by atoms with Crippen LogP contribution >= 0.6 is 23.1 Å². The van der Waals surface area contributed by atoms with Crippen LogP contribution in [0.1, 0.15) is 11.9 Å². The molecule has 16 heteroatoms. The minimum Gasteiger partial charge on any atom is -0.475 e. The van der Waals surface area contributed by atoms with Gasteiger partial charge in [-0.05, 0) is 25.6 Å². The molecule has 1 aliphatic rings. The Morgan fingerprint density at radius 3 is 2.46 bits per heavy atom. The lowest BCUT2D eigenvalue weighted by atomic mass is 10.4. The van der Waals surface area contributed by atoms with Crippen molar-refractivity contribution in [3.8, 4) is 11.8 Å². The van der Waals surface area contributed by atoms with Crippen molar-refractivity contribution >= 4 is 46.2 Å². The number of carbonyl (C=O) groups is 1. The van der Waals surface area contributed by atoms with Gasteiger partial charge in [-0.15, -0.1) is 16.1 Å². The maximum atomic E-state index is 13.2. The molecule has 0 amide bonds. The van der Waals surface area contributed by atoms with Gasteiger partial charge in [-0.3, -0.25) is 13.9 Å². The van der Waals surface area contributed by atoms with Crippen LogP contribution < -0.4 is 15.8 Å². The zero-order valence-electron chi connectivity index (χ0n) is 18.9. The molecule has 0 aliphatic carbocycles. The lowest BCUT2D eigenvalue weighted by molar-refractivity contribution is -0.192. The van der Waals surface area contributed by atoms with Gasteiger partial charge in [-0.1, -0.05) is 17.3 Å². The number of aryl methyl sites for hydroxylation is 1. The maximum absolute atomic E-state index is 13.2. The minimum atomic E-state index is -5.08. The monoisotopic (exact) mass is 530 g/mol. The van der Waals surface area contributed by atoms with Crippen LogP contribution in [0.3, 0.4) is 0 Å².